The Kier molecular flexibility index (Phi) is 4.39. The van der Waals surface area contributed by atoms with Gasteiger partial charge in [0, 0.05) is 26.2 Å². The topological polar surface area (TPSA) is 47.3 Å². The second-order valence-corrected chi connectivity index (χ2v) is 6.18. The quantitative estimate of drug-likeness (QED) is 0.859. The van der Waals surface area contributed by atoms with Crippen LogP contribution >= 0.6 is 0 Å². The van der Waals surface area contributed by atoms with Gasteiger partial charge in [-0.25, -0.2) is 4.39 Å². The first-order valence-electron chi connectivity index (χ1n) is 7.87. The summed E-state index contributed by atoms with van der Waals surface area (Å²) in [5, 5.41) is 8.75. The Morgan fingerprint density at radius 1 is 1.32 bits per heavy atom. The van der Waals surface area contributed by atoms with E-state index in [0.29, 0.717) is 6.54 Å². The van der Waals surface area contributed by atoms with E-state index in [1.54, 1.807) is 6.07 Å². The molecule has 0 N–H and O–H groups in total. The SMILES string of the molecule is N#Cc1ccc(CN2CCC(C(=O)N3CCCC3)C2)cc1F. The Labute approximate surface area is 130 Å². The van der Waals surface area contributed by atoms with E-state index in [9.17, 15) is 9.18 Å². The molecule has 1 unspecified atom stereocenters. The van der Waals surface area contributed by atoms with E-state index in [1.807, 2.05) is 11.0 Å². The Bertz CT molecular complexity index is 604. The molecule has 3 rings (SSSR count). The van der Waals surface area contributed by atoms with E-state index < -0.39 is 5.82 Å². The minimum Gasteiger partial charge on any atom is -0.342 e. The third kappa shape index (κ3) is 3.12. The maximum Gasteiger partial charge on any atom is 0.227 e. The van der Waals surface area contributed by atoms with Gasteiger partial charge in [0.2, 0.25) is 5.91 Å². The minimum absolute atomic E-state index is 0.0762. The van der Waals surface area contributed by atoms with Crippen molar-refractivity contribution in [1.29, 1.82) is 5.26 Å². The van der Waals surface area contributed by atoms with Gasteiger partial charge in [-0.15, -0.1) is 0 Å². The smallest absolute Gasteiger partial charge is 0.227 e. The van der Waals surface area contributed by atoms with Crippen LogP contribution in [0.4, 0.5) is 4.39 Å². The lowest BCUT2D eigenvalue weighted by atomic mass is 10.1. The average Bonchev–Trinajstić information content (AvgIpc) is 3.18. The standard InChI is InChI=1S/C17H20FN3O/c18-16-9-13(3-4-14(16)10-19)11-20-8-5-15(12-20)17(22)21-6-1-2-7-21/h3-4,9,15H,1-2,5-8,11-12H2. The molecule has 1 aromatic carbocycles. The van der Waals surface area contributed by atoms with Gasteiger partial charge < -0.3 is 4.90 Å². The first-order valence-corrected chi connectivity index (χ1v) is 7.87. The number of halogens is 1. The van der Waals surface area contributed by atoms with Crippen LogP contribution in [-0.4, -0.2) is 41.9 Å². The summed E-state index contributed by atoms with van der Waals surface area (Å²) in [6.07, 6.45) is 3.12. The summed E-state index contributed by atoms with van der Waals surface area (Å²) in [4.78, 5) is 16.6. The van der Waals surface area contributed by atoms with Gasteiger partial charge in [-0.1, -0.05) is 6.07 Å². The predicted molar refractivity (Wildman–Crippen MR) is 80.3 cm³/mol. The van der Waals surface area contributed by atoms with E-state index in [0.717, 1.165) is 51.0 Å². The summed E-state index contributed by atoms with van der Waals surface area (Å²) < 4.78 is 13.6. The van der Waals surface area contributed by atoms with Crippen LogP contribution in [0.3, 0.4) is 0 Å². The molecule has 0 bridgehead atoms. The van der Waals surface area contributed by atoms with Crippen molar-refractivity contribution in [1.82, 2.24) is 9.80 Å². The summed E-state index contributed by atoms with van der Waals surface area (Å²) >= 11 is 0. The van der Waals surface area contributed by atoms with E-state index in [4.69, 9.17) is 5.26 Å². The number of benzene rings is 1. The highest BCUT2D eigenvalue weighted by atomic mass is 19.1. The highest BCUT2D eigenvalue weighted by molar-refractivity contribution is 5.79. The van der Waals surface area contributed by atoms with Crippen LogP contribution in [0.15, 0.2) is 18.2 Å². The summed E-state index contributed by atoms with van der Waals surface area (Å²) in [7, 11) is 0. The van der Waals surface area contributed by atoms with E-state index in [1.165, 1.54) is 12.1 Å². The van der Waals surface area contributed by atoms with Gasteiger partial charge in [-0.2, -0.15) is 5.26 Å². The number of rotatable bonds is 3. The Morgan fingerprint density at radius 2 is 2.09 bits per heavy atom. The lowest BCUT2D eigenvalue weighted by Gasteiger charge is -2.20. The number of carbonyl (C=O) groups is 1. The average molecular weight is 301 g/mol. The summed E-state index contributed by atoms with van der Waals surface area (Å²) in [5.41, 5.74) is 0.929. The van der Waals surface area contributed by atoms with E-state index >= 15 is 0 Å². The first-order chi connectivity index (χ1) is 10.7. The molecule has 1 atom stereocenters. The van der Waals surface area contributed by atoms with Crippen LogP contribution in [0.2, 0.25) is 0 Å². The first kappa shape index (κ1) is 15.0. The fraction of sp³-hybridized carbons (Fsp3) is 0.529. The Morgan fingerprint density at radius 3 is 2.77 bits per heavy atom. The number of amides is 1. The zero-order chi connectivity index (χ0) is 15.5. The van der Waals surface area contributed by atoms with Crippen molar-refractivity contribution < 1.29 is 9.18 Å². The highest BCUT2D eigenvalue weighted by Gasteiger charge is 2.32. The molecule has 2 aliphatic rings. The molecule has 1 amide bonds. The highest BCUT2D eigenvalue weighted by Crippen LogP contribution is 2.23. The van der Waals surface area contributed by atoms with Crippen LogP contribution in [0.5, 0.6) is 0 Å². The van der Waals surface area contributed by atoms with Crippen LogP contribution in [0, 0.1) is 23.1 Å². The van der Waals surface area contributed by atoms with Crippen molar-refractivity contribution in [2.24, 2.45) is 5.92 Å². The van der Waals surface area contributed by atoms with Crippen molar-refractivity contribution in [2.75, 3.05) is 26.2 Å². The maximum absolute atomic E-state index is 13.6. The molecule has 2 fully saturated rings. The number of likely N-dealkylation sites (tertiary alicyclic amines) is 2. The van der Waals surface area contributed by atoms with E-state index in [2.05, 4.69) is 4.90 Å². The zero-order valence-electron chi connectivity index (χ0n) is 12.6. The summed E-state index contributed by atoms with van der Waals surface area (Å²) in [6, 6.07) is 6.57. The van der Waals surface area contributed by atoms with Crippen LogP contribution in [-0.2, 0) is 11.3 Å². The van der Waals surface area contributed by atoms with Gasteiger partial charge in [0.05, 0.1) is 11.5 Å². The molecule has 0 aliphatic carbocycles. The lowest BCUT2D eigenvalue weighted by Crippen LogP contribution is -2.35. The molecule has 1 aromatic rings. The van der Waals surface area contributed by atoms with Crippen molar-refractivity contribution >= 4 is 5.91 Å². The number of nitrogens with zero attached hydrogens (tertiary/aromatic N) is 3. The fourth-order valence-electron chi connectivity index (χ4n) is 3.38. The molecule has 2 aliphatic heterocycles. The molecule has 2 saturated heterocycles. The van der Waals surface area contributed by atoms with E-state index in [-0.39, 0.29) is 17.4 Å². The molecule has 116 valence electrons. The molecule has 2 heterocycles. The van der Waals surface area contributed by atoms with Crippen LogP contribution in [0.1, 0.15) is 30.4 Å². The zero-order valence-corrected chi connectivity index (χ0v) is 12.6. The molecule has 4 nitrogen and oxygen atoms in total. The largest absolute Gasteiger partial charge is 0.342 e. The molecule has 0 spiro atoms. The molecular weight excluding hydrogens is 281 g/mol. The van der Waals surface area contributed by atoms with Crippen molar-refractivity contribution in [2.45, 2.75) is 25.8 Å². The van der Waals surface area contributed by atoms with Gasteiger partial charge in [0.15, 0.2) is 0 Å². The summed E-state index contributed by atoms with van der Waals surface area (Å²) in [5.74, 6) is -0.101. The van der Waals surface area contributed by atoms with Gasteiger partial charge in [0.1, 0.15) is 11.9 Å². The second kappa shape index (κ2) is 6.45. The fourth-order valence-corrected chi connectivity index (χ4v) is 3.38. The maximum atomic E-state index is 13.6. The number of nitriles is 1. The Balaban J connectivity index is 1.58. The van der Waals surface area contributed by atoms with Gasteiger partial charge in [-0.05, 0) is 43.5 Å². The molecule has 22 heavy (non-hydrogen) atoms. The predicted octanol–water partition coefficient (Wildman–Crippen LogP) is 2.14. The van der Waals surface area contributed by atoms with Gasteiger partial charge in [0.25, 0.3) is 0 Å². The number of hydrogen-bond acceptors (Lipinski definition) is 3. The Hall–Kier alpha value is -1.93. The minimum atomic E-state index is -0.469. The third-order valence-electron chi connectivity index (χ3n) is 4.60. The van der Waals surface area contributed by atoms with Crippen LogP contribution in [0.25, 0.3) is 0 Å². The number of hydrogen-bond donors (Lipinski definition) is 0. The molecule has 0 saturated carbocycles. The van der Waals surface area contributed by atoms with Gasteiger partial charge in [-0.3, -0.25) is 9.69 Å². The molecule has 5 heteroatoms. The number of carbonyl (C=O) groups excluding carboxylic acids is 1. The molecular formula is C17H20FN3O. The monoisotopic (exact) mass is 301 g/mol. The third-order valence-corrected chi connectivity index (χ3v) is 4.60. The lowest BCUT2D eigenvalue weighted by molar-refractivity contribution is -0.134. The van der Waals surface area contributed by atoms with Crippen molar-refractivity contribution in [3.8, 4) is 6.07 Å². The summed E-state index contributed by atoms with van der Waals surface area (Å²) in [6.45, 7) is 4.04. The molecule has 0 aromatic heterocycles. The molecule has 0 radical (unpaired) electrons. The normalized spacial score (nSPS) is 22.0. The van der Waals surface area contributed by atoms with Crippen molar-refractivity contribution in [3.05, 3.63) is 35.1 Å². The van der Waals surface area contributed by atoms with Gasteiger partial charge >= 0.3 is 0 Å². The second-order valence-electron chi connectivity index (χ2n) is 6.18. The van der Waals surface area contributed by atoms with Crippen LogP contribution < -0.4 is 0 Å². The van der Waals surface area contributed by atoms with Crippen molar-refractivity contribution in [3.63, 3.8) is 0 Å².